The molecule has 0 radical (unpaired) electrons. The zero-order valence-corrected chi connectivity index (χ0v) is 12.2. The zero-order chi connectivity index (χ0) is 14.2. The Morgan fingerprint density at radius 2 is 1.95 bits per heavy atom. The van der Waals surface area contributed by atoms with Crippen LogP contribution in [0.2, 0.25) is 0 Å². The first-order chi connectivity index (χ1) is 10.3. The van der Waals surface area contributed by atoms with Crippen molar-refractivity contribution in [2.45, 2.75) is 56.3 Å². The molecule has 2 bridgehead atoms. The van der Waals surface area contributed by atoms with Gasteiger partial charge in [0.05, 0.1) is 6.61 Å². The molecule has 21 heavy (non-hydrogen) atoms. The van der Waals surface area contributed by atoms with Gasteiger partial charge < -0.3 is 15.4 Å². The fourth-order valence-corrected chi connectivity index (χ4v) is 4.06. The van der Waals surface area contributed by atoms with Crippen LogP contribution in [0.1, 0.15) is 42.9 Å². The van der Waals surface area contributed by atoms with E-state index in [9.17, 15) is 4.79 Å². The van der Waals surface area contributed by atoms with Gasteiger partial charge in [-0.05, 0) is 43.2 Å². The quantitative estimate of drug-likeness (QED) is 0.870. The second kappa shape index (κ2) is 5.43. The van der Waals surface area contributed by atoms with E-state index in [-0.39, 0.29) is 5.91 Å². The van der Waals surface area contributed by atoms with Gasteiger partial charge in [0.1, 0.15) is 0 Å². The number of carbonyl (C=O) groups excluding carboxylic acids is 1. The normalized spacial score (nSPS) is 34.3. The molecule has 4 heteroatoms. The van der Waals surface area contributed by atoms with Gasteiger partial charge in [0.15, 0.2) is 6.10 Å². The first kappa shape index (κ1) is 13.3. The average Bonchev–Trinajstić information content (AvgIpc) is 2.85. The molecule has 0 saturated carbocycles. The molecule has 4 nitrogen and oxygen atoms in total. The van der Waals surface area contributed by atoms with Crippen molar-refractivity contribution < 1.29 is 9.53 Å². The maximum Gasteiger partial charge on any atom is 0.253 e. The molecule has 2 saturated heterocycles. The van der Waals surface area contributed by atoms with E-state index in [1.54, 1.807) is 0 Å². The Balaban J connectivity index is 1.46. The number of rotatable bonds is 2. The van der Waals surface area contributed by atoms with Crippen molar-refractivity contribution in [1.82, 2.24) is 10.6 Å². The minimum absolute atomic E-state index is 0.0356. The Labute approximate surface area is 125 Å². The summed E-state index contributed by atoms with van der Waals surface area (Å²) in [6.07, 6.45) is 5.08. The summed E-state index contributed by atoms with van der Waals surface area (Å²) >= 11 is 0. The summed E-state index contributed by atoms with van der Waals surface area (Å²) in [7, 11) is 0. The fraction of sp³-hybridized carbons (Fsp3) is 0.588. The Bertz CT molecular complexity index is 533. The summed E-state index contributed by atoms with van der Waals surface area (Å²) in [5.74, 6) is 0.0356. The van der Waals surface area contributed by atoms with Gasteiger partial charge in [-0.25, -0.2) is 0 Å². The van der Waals surface area contributed by atoms with E-state index in [1.165, 1.54) is 18.4 Å². The second-order valence-electron chi connectivity index (χ2n) is 6.51. The van der Waals surface area contributed by atoms with Gasteiger partial charge in [-0.15, -0.1) is 0 Å². The number of hydrogen-bond donors (Lipinski definition) is 2. The third-order valence-corrected chi connectivity index (χ3v) is 5.05. The van der Waals surface area contributed by atoms with E-state index in [4.69, 9.17) is 4.74 Å². The van der Waals surface area contributed by atoms with Crippen molar-refractivity contribution in [3.05, 3.63) is 35.4 Å². The van der Waals surface area contributed by atoms with Crippen LogP contribution in [0.3, 0.4) is 0 Å². The predicted octanol–water partition coefficient (Wildman–Crippen LogP) is 1.70. The average molecular weight is 286 g/mol. The monoisotopic (exact) mass is 286 g/mol. The number of fused-ring (bicyclic) bond motifs is 3. The smallest absolute Gasteiger partial charge is 0.253 e. The molecule has 0 aromatic heterocycles. The van der Waals surface area contributed by atoms with Crippen LogP contribution < -0.4 is 10.6 Å². The molecule has 0 spiro atoms. The first-order valence-corrected chi connectivity index (χ1v) is 8.05. The van der Waals surface area contributed by atoms with Crippen LogP contribution in [0.5, 0.6) is 0 Å². The number of piperidine rings is 1. The van der Waals surface area contributed by atoms with Crippen molar-refractivity contribution in [1.29, 1.82) is 0 Å². The molecular formula is C17H22N2O2. The van der Waals surface area contributed by atoms with E-state index in [0.717, 1.165) is 24.8 Å². The van der Waals surface area contributed by atoms with Gasteiger partial charge in [-0.3, -0.25) is 4.79 Å². The number of carbonyl (C=O) groups is 1. The molecule has 3 aliphatic rings. The zero-order valence-electron chi connectivity index (χ0n) is 12.2. The standard InChI is InChI=1S/C17H22N2O2/c20-17(19-14-9-12-5-6-13(10-14)18-12)16-15-4-2-1-3-11(15)7-8-21-16/h1-4,12-14,16,18H,5-10H2,(H,19,20). The lowest BCUT2D eigenvalue weighted by molar-refractivity contribution is -0.135. The van der Waals surface area contributed by atoms with Crippen molar-refractivity contribution >= 4 is 5.91 Å². The molecule has 3 aliphatic heterocycles. The van der Waals surface area contributed by atoms with Crippen LogP contribution in [0, 0.1) is 0 Å². The van der Waals surface area contributed by atoms with E-state index in [1.807, 2.05) is 18.2 Å². The first-order valence-electron chi connectivity index (χ1n) is 8.05. The van der Waals surface area contributed by atoms with Crippen LogP contribution in [0.4, 0.5) is 0 Å². The Hall–Kier alpha value is -1.39. The summed E-state index contributed by atoms with van der Waals surface area (Å²) in [5.41, 5.74) is 2.28. The number of nitrogens with one attached hydrogen (secondary N) is 2. The SMILES string of the molecule is O=C(NC1CC2CCC(C1)N2)C1OCCc2ccccc21. The minimum Gasteiger partial charge on any atom is -0.363 e. The second-order valence-corrected chi connectivity index (χ2v) is 6.51. The molecule has 2 N–H and O–H groups in total. The highest BCUT2D eigenvalue weighted by Crippen LogP contribution is 2.30. The molecule has 1 aromatic carbocycles. The Morgan fingerprint density at radius 3 is 2.76 bits per heavy atom. The van der Waals surface area contributed by atoms with E-state index in [0.29, 0.717) is 24.7 Å². The number of amides is 1. The highest BCUT2D eigenvalue weighted by atomic mass is 16.5. The highest BCUT2D eigenvalue weighted by molar-refractivity contribution is 5.83. The number of hydrogen-bond acceptors (Lipinski definition) is 3. The molecular weight excluding hydrogens is 264 g/mol. The largest absolute Gasteiger partial charge is 0.363 e. The van der Waals surface area contributed by atoms with Crippen molar-refractivity contribution in [3.63, 3.8) is 0 Å². The molecule has 1 amide bonds. The fourth-order valence-electron chi connectivity index (χ4n) is 4.06. The van der Waals surface area contributed by atoms with Gasteiger partial charge in [0.2, 0.25) is 0 Å². The summed E-state index contributed by atoms with van der Waals surface area (Å²) in [4.78, 5) is 12.6. The van der Waals surface area contributed by atoms with Gasteiger partial charge in [-0.2, -0.15) is 0 Å². The lowest BCUT2D eigenvalue weighted by Crippen LogP contribution is -2.49. The summed E-state index contributed by atoms with van der Waals surface area (Å²) in [5, 5.41) is 6.83. The topological polar surface area (TPSA) is 50.4 Å². The Morgan fingerprint density at radius 1 is 1.19 bits per heavy atom. The van der Waals surface area contributed by atoms with E-state index < -0.39 is 6.10 Å². The van der Waals surface area contributed by atoms with Crippen LogP contribution >= 0.6 is 0 Å². The summed E-state index contributed by atoms with van der Waals surface area (Å²) in [6, 6.07) is 9.62. The molecule has 112 valence electrons. The van der Waals surface area contributed by atoms with Crippen LogP contribution in [-0.4, -0.2) is 30.6 Å². The molecule has 2 fully saturated rings. The number of benzene rings is 1. The highest BCUT2D eigenvalue weighted by Gasteiger charge is 2.36. The predicted molar refractivity (Wildman–Crippen MR) is 79.9 cm³/mol. The molecule has 0 aliphatic carbocycles. The maximum absolute atomic E-state index is 12.6. The summed E-state index contributed by atoms with van der Waals surface area (Å²) < 4.78 is 5.75. The third kappa shape index (κ3) is 2.58. The summed E-state index contributed by atoms with van der Waals surface area (Å²) in [6.45, 7) is 0.632. The van der Waals surface area contributed by atoms with Crippen molar-refractivity contribution in [2.24, 2.45) is 0 Å². The molecule has 3 unspecified atom stereocenters. The Kier molecular flexibility index (Phi) is 3.43. The molecule has 4 rings (SSSR count). The third-order valence-electron chi connectivity index (χ3n) is 5.05. The van der Waals surface area contributed by atoms with Crippen LogP contribution in [-0.2, 0) is 16.0 Å². The van der Waals surface area contributed by atoms with E-state index in [2.05, 4.69) is 16.7 Å². The lowest BCUT2D eigenvalue weighted by Gasteiger charge is -2.32. The van der Waals surface area contributed by atoms with Crippen LogP contribution in [0.25, 0.3) is 0 Å². The molecule has 3 atom stereocenters. The number of ether oxygens (including phenoxy) is 1. The van der Waals surface area contributed by atoms with Crippen molar-refractivity contribution in [2.75, 3.05) is 6.61 Å². The van der Waals surface area contributed by atoms with Crippen molar-refractivity contribution in [3.8, 4) is 0 Å². The minimum atomic E-state index is -0.428. The van der Waals surface area contributed by atoms with Gasteiger partial charge >= 0.3 is 0 Å². The maximum atomic E-state index is 12.6. The molecule has 3 heterocycles. The lowest BCUT2D eigenvalue weighted by atomic mass is 9.95. The van der Waals surface area contributed by atoms with Gasteiger partial charge in [-0.1, -0.05) is 24.3 Å². The van der Waals surface area contributed by atoms with Gasteiger partial charge in [0, 0.05) is 18.1 Å². The van der Waals surface area contributed by atoms with E-state index >= 15 is 0 Å². The molecule has 1 aromatic rings. The van der Waals surface area contributed by atoms with Gasteiger partial charge in [0.25, 0.3) is 5.91 Å². The van der Waals surface area contributed by atoms with Crippen LogP contribution in [0.15, 0.2) is 24.3 Å².